The number of carbonyl (C=O) groups excluding carboxylic acids is 2. The van der Waals surface area contributed by atoms with Crippen LogP contribution in [0.15, 0.2) is 72.8 Å². The Hall–Kier alpha value is -2.69. The van der Waals surface area contributed by atoms with Gasteiger partial charge in [-0.1, -0.05) is 11.6 Å². The summed E-state index contributed by atoms with van der Waals surface area (Å²) in [6.07, 6.45) is 0. The molecule has 2 N–H and O–H groups in total. The van der Waals surface area contributed by atoms with Crippen molar-refractivity contribution in [2.75, 3.05) is 36.4 Å². The summed E-state index contributed by atoms with van der Waals surface area (Å²) in [5, 5.41) is 6.60. The van der Waals surface area contributed by atoms with Gasteiger partial charge in [-0.15, -0.1) is 0 Å². The quantitative estimate of drug-likeness (QED) is 0.323. The fourth-order valence-electron chi connectivity index (χ4n) is 3.64. The third-order valence-electron chi connectivity index (χ3n) is 5.48. The molecule has 6 nitrogen and oxygen atoms in total. The maximum atomic E-state index is 12.7. The number of rotatable bonds is 4. The third-order valence-corrected chi connectivity index (χ3v) is 6.66. The highest BCUT2D eigenvalue weighted by molar-refractivity contribution is 14.1. The van der Waals surface area contributed by atoms with Crippen LogP contribution >= 0.6 is 46.4 Å². The second-order valence-corrected chi connectivity index (χ2v) is 9.84. The van der Waals surface area contributed by atoms with Crippen LogP contribution in [0.2, 0.25) is 5.02 Å². The molecule has 0 aromatic heterocycles. The van der Waals surface area contributed by atoms with Crippen LogP contribution in [0, 0.1) is 3.57 Å². The monoisotopic (exact) mass is 604 g/mol. The number of benzene rings is 3. The third kappa shape index (κ3) is 6.25. The smallest absolute Gasteiger partial charge is 0.257 e. The van der Waals surface area contributed by atoms with Gasteiger partial charge in [0.15, 0.2) is 5.11 Å². The SMILES string of the molecule is O=C(NC(=S)Nc1ccc(N2CCN(C(=O)c3ccc(Cl)cc3)CC2)cc1)c1ccc(I)cc1. The number of anilines is 2. The Morgan fingerprint density at radius 3 is 2.03 bits per heavy atom. The first-order chi connectivity index (χ1) is 16.4. The van der Waals surface area contributed by atoms with Gasteiger partial charge < -0.3 is 15.1 Å². The van der Waals surface area contributed by atoms with Crippen LogP contribution in [-0.2, 0) is 0 Å². The van der Waals surface area contributed by atoms with Gasteiger partial charge in [-0.2, -0.15) is 0 Å². The molecule has 0 radical (unpaired) electrons. The van der Waals surface area contributed by atoms with Crippen LogP contribution in [0.1, 0.15) is 20.7 Å². The number of halogens is 2. The lowest BCUT2D eigenvalue weighted by Crippen LogP contribution is -2.48. The Morgan fingerprint density at radius 2 is 1.41 bits per heavy atom. The second kappa shape index (κ2) is 11.2. The lowest BCUT2D eigenvalue weighted by Gasteiger charge is -2.36. The number of thiocarbonyl (C=S) groups is 1. The van der Waals surface area contributed by atoms with Crippen molar-refractivity contribution in [3.63, 3.8) is 0 Å². The van der Waals surface area contributed by atoms with Gasteiger partial charge >= 0.3 is 0 Å². The van der Waals surface area contributed by atoms with Crippen LogP contribution in [0.3, 0.4) is 0 Å². The summed E-state index contributed by atoms with van der Waals surface area (Å²) in [7, 11) is 0. The molecule has 1 aliphatic rings. The second-order valence-electron chi connectivity index (χ2n) is 7.75. The minimum absolute atomic E-state index is 0.0247. The first-order valence-corrected chi connectivity index (χ1v) is 12.5. The van der Waals surface area contributed by atoms with Crippen molar-refractivity contribution in [1.29, 1.82) is 0 Å². The first-order valence-electron chi connectivity index (χ1n) is 10.7. The molecule has 0 atom stereocenters. The summed E-state index contributed by atoms with van der Waals surface area (Å²) in [4.78, 5) is 29.1. The van der Waals surface area contributed by atoms with E-state index in [-0.39, 0.29) is 16.9 Å². The van der Waals surface area contributed by atoms with Gasteiger partial charge in [-0.3, -0.25) is 14.9 Å². The molecule has 0 unspecified atom stereocenters. The number of nitrogens with zero attached hydrogens (tertiary/aromatic N) is 2. The lowest BCUT2D eigenvalue weighted by atomic mass is 10.1. The van der Waals surface area contributed by atoms with Gasteiger partial charge in [0.1, 0.15) is 0 Å². The largest absolute Gasteiger partial charge is 0.368 e. The average molecular weight is 605 g/mol. The highest BCUT2D eigenvalue weighted by atomic mass is 127. The van der Waals surface area contributed by atoms with E-state index < -0.39 is 0 Å². The van der Waals surface area contributed by atoms with E-state index in [2.05, 4.69) is 38.1 Å². The molecule has 3 aromatic rings. The van der Waals surface area contributed by atoms with Gasteiger partial charge in [0.2, 0.25) is 0 Å². The van der Waals surface area contributed by atoms with Crippen molar-refractivity contribution in [3.05, 3.63) is 92.5 Å². The molecule has 34 heavy (non-hydrogen) atoms. The summed E-state index contributed by atoms with van der Waals surface area (Å²) in [5.41, 5.74) is 3.05. The minimum atomic E-state index is -0.253. The van der Waals surface area contributed by atoms with Crippen LogP contribution in [0.25, 0.3) is 0 Å². The van der Waals surface area contributed by atoms with Gasteiger partial charge in [-0.05, 0) is 108 Å². The van der Waals surface area contributed by atoms with E-state index in [0.717, 1.165) is 28.0 Å². The number of nitrogens with one attached hydrogen (secondary N) is 2. The maximum Gasteiger partial charge on any atom is 0.257 e. The summed E-state index contributed by atoms with van der Waals surface area (Å²) in [6.45, 7) is 2.79. The molecule has 4 rings (SSSR count). The van der Waals surface area contributed by atoms with Gasteiger partial charge in [0.05, 0.1) is 0 Å². The number of hydrogen-bond donors (Lipinski definition) is 2. The zero-order valence-electron chi connectivity index (χ0n) is 18.1. The molecule has 9 heteroatoms. The Kier molecular flexibility index (Phi) is 8.02. The molecule has 2 amide bonds. The van der Waals surface area contributed by atoms with Crippen molar-refractivity contribution in [2.45, 2.75) is 0 Å². The average Bonchev–Trinajstić information content (AvgIpc) is 2.85. The Labute approximate surface area is 222 Å². The molecule has 0 saturated carbocycles. The van der Waals surface area contributed by atoms with Crippen LogP contribution < -0.4 is 15.5 Å². The number of amides is 2. The molecule has 1 aliphatic heterocycles. The molecule has 0 bridgehead atoms. The molecule has 1 fully saturated rings. The zero-order valence-corrected chi connectivity index (χ0v) is 21.9. The van der Waals surface area contributed by atoms with Crippen LogP contribution in [-0.4, -0.2) is 48.0 Å². The van der Waals surface area contributed by atoms with E-state index in [9.17, 15) is 9.59 Å². The van der Waals surface area contributed by atoms with Gasteiger partial charge in [-0.25, -0.2) is 0 Å². The van der Waals surface area contributed by atoms with E-state index >= 15 is 0 Å². The first kappa shape index (κ1) is 24.4. The Balaban J connectivity index is 1.28. The molecule has 3 aromatic carbocycles. The molecular formula is C25H22ClIN4O2S. The topological polar surface area (TPSA) is 64.7 Å². The summed E-state index contributed by atoms with van der Waals surface area (Å²) in [5.74, 6) is -0.229. The van der Waals surface area contributed by atoms with Gasteiger partial charge in [0.25, 0.3) is 11.8 Å². The van der Waals surface area contributed by atoms with E-state index in [4.69, 9.17) is 23.8 Å². The van der Waals surface area contributed by atoms with Crippen molar-refractivity contribution < 1.29 is 9.59 Å². The predicted octanol–water partition coefficient (Wildman–Crippen LogP) is 5.03. The standard InChI is InChI=1S/C25H22ClIN4O2S/c26-19-5-1-18(2-6-19)24(33)31-15-13-30(14-16-31)22-11-9-21(10-12-22)28-25(34)29-23(32)17-3-7-20(27)8-4-17/h1-12H,13-16H2,(H2,28,29,32,34). The Morgan fingerprint density at radius 1 is 0.824 bits per heavy atom. The molecule has 0 spiro atoms. The summed E-state index contributed by atoms with van der Waals surface area (Å²) in [6, 6.07) is 22.1. The minimum Gasteiger partial charge on any atom is -0.368 e. The summed E-state index contributed by atoms with van der Waals surface area (Å²) < 4.78 is 1.06. The van der Waals surface area contributed by atoms with Gasteiger partial charge in [0, 0.05) is 57.3 Å². The lowest BCUT2D eigenvalue weighted by molar-refractivity contribution is 0.0746. The van der Waals surface area contributed by atoms with Crippen molar-refractivity contribution in [2.24, 2.45) is 0 Å². The number of hydrogen-bond acceptors (Lipinski definition) is 4. The van der Waals surface area contributed by atoms with Crippen molar-refractivity contribution >= 4 is 74.7 Å². The van der Waals surface area contributed by atoms with Crippen LogP contribution in [0.5, 0.6) is 0 Å². The van der Waals surface area contributed by atoms with Crippen LogP contribution in [0.4, 0.5) is 11.4 Å². The van der Waals surface area contributed by atoms with E-state index in [1.54, 1.807) is 36.4 Å². The van der Waals surface area contributed by atoms with E-state index in [1.165, 1.54) is 0 Å². The predicted molar refractivity (Wildman–Crippen MR) is 149 cm³/mol. The zero-order chi connectivity index (χ0) is 24.1. The Bertz CT molecular complexity index is 1180. The molecule has 1 heterocycles. The molecule has 0 aliphatic carbocycles. The summed E-state index contributed by atoms with van der Waals surface area (Å²) >= 11 is 13.4. The number of piperazine rings is 1. The highest BCUT2D eigenvalue weighted by Gasteiger charge is 2.22. The van der Waals surface area contributed by atoms with E-state index in [1.807, 2.05) is 41.3 Å². The normalized spacial score (nSPS) is 13.4. The fourth-order valence-corrected chi connectivity index (χ4v) is 4.33. The maximum absolute atomic E-state index is 12.7. The number of carbonyl (C=O) groups is 2. The van der Waals surface area contributed by atoms with Crippen molar-refractivity contribution in [1.82, 2.24) is 10.2 Å². The molecule has 174 valence electrons. The molecule has 1 saturated heterocycles. The fraction of sp³-hybridized carbons (Fsp3) is 0.160. The molecular weight excluding hydrogens is 583 g/mol. The van der Waals surface area contributed by atoms with Crippen molar-refractivity contribution in [3.8, 4) is 0 Å². The van der Waals surface area contributed by atoms with E-state index in [0.29, 0.717) is 29.2 Å². The highest BCUT2D eigenvalue weighted by Crippen LogP contribution is 2.21.